The summed E-state index contributed by atoms with van der Waals surface area (Å²) in [5, 5.41) is 3.47. The number of anilines is 1. The van der Waals surface area contributed by atoms with E-state index in [-0.39, 0.29) is 18.0 Å². The molecule has 0 aliphatic carbocycles. The molecule has 0 spiro atoms. The third-order valence-electron chi connectivity index (χ3n) is 3.50. The van der Waals surface area contributed by atoms with E-state index < -0.39 is 11.9 Å². The van der Waals surface area contributed by atoms with E-state index in [1.807, 2.05) is 6.07 Å². The summed E-state index contributed by atoms with van der Waals surface area (Å²) >= 11 is 7.11. The highest BCUT2D eigenvalue weighted by Gasteiger charge is 2.24. The van der Waals surface area contributed by atoms with Crippen molar-refractivity contribution in [3.05, 3.63) is 56.9 Å². The van der Waals surface area contributed by atoms with Crippen LogP contribution in [0.25, 0.3) is 6.08 Å². The number of halogens is 1. The monoisotopic (exact) mass is 391 g/mol. The van der Waals surface area contributed by atoms with Crippen molar-refractivity contribution >= 4 is 51.7 Å². The van der Waals surface area contributed by atoms with E-state index in [0.717, 1.165) is 11.3 Å². The molecule has 1 aromatic heterocycles. The van der Waals surface area contributed by atoms with Gasteiger partial charge in [-0.2, -0.15) is 0 Å². The van der Waals surface area contributed by atoms with Crippen molar-refractivity contribution in [1.29, 1.82) is 0 Å². The van der Waals surface area contributed by atoms with Gasteiger partial charge in [-0.3, -0.25) is 9.59 Å². The number of thiophene rings is 1. The smallest absolute Gasteiger partial charge is 0.341 e. The highest BCUT2D eigenvalue weighted by Crippen LogP contribution is 2.34. The van der Waals surface area contributed by atoms with Crippen LogP contribution in [-0.4, -0.2) is 24.3 Å². The second kappa shape index (κ2) is 8.78. The number of carbonyl (C=O) groups is 3. The lowest BCUT2D eigenvalue weighted by atomic mass is 10.1. The van der Waals surface area contributed by atoms with Gasteiger partial charge in [0.2, 0.25) is 5.91 Å². The number of carbonyl (C=O) groups excluding carboxylic acids is 3. The molecule has 26 heavy (non-hydrogen) atoms. The van der Waals surface area contributed by atoms with Crippen molar-refractivity contribution in [2.45, 2.75) is 20.8 Å². The zero-order valence-corrected chi connectivity index (χ0v) is 16.2. The van der Waals surface area contributed by atoms with Crippen LogP contribution in [0, 0.1) is 6.92 Å². The van der Waals surface area contributed by atoms with Gasteiger partial charge >= 0.3 is 5.97 Å². The van der Waals surface area contributed by atoms with Crippen LogP contribution in [0.3, 0.4) is 0 Å². The summed E-state index contributed by atoms with van der Waals surface area (Å²) in [6, 6.07) is 7.10. The first kappa shape index (κ1) is 19.9. The third-order valence-corrected chi connectivity index (χ3v) is 5.15. The number of amides is 1. The van der Waals surface area contributed by atoms with Gasteiger partial charge in [-0.15, -0.1) is 11.3 Å². The molecule has 1 amide bonds. The van der Waals surface area contributed by atoms with E-state index in [1.165, 1.54) is 13.0 Å². The summed E-state index contributed by atoms with van der Waals surface area (Å²) < 4.78 is 5.04. The molecule has 2 aromatic rings. The molecule has 0 radical (unpaired) electrons. The molecule has 7 heteroatoms. The van der Waals surface area contributed by atoms with Crippen molar-refractivity contribution in [2.75, 3.05) is 11.9 Å². The summed E-state index contributed by atoms with van der Waals surface area (Å²) in [5.41, 5.74) is 1.41. The lowest BCUT2D eigenvalue weighted by Crippen LogP contribution is -2.12. The summed E-state index contributed by atoms with van der Waals surface area (Å²) in [5.74, 6) is -1.18. The number of ketones is 1. The summed E-state index contributed by atoms with van der Waals surface area (Å²) in [7, 11) is 0. The van der Waals surface area contributed by atoms with Crippen molar-refractivity contribution in [3.8, 4) is 0 Å². The molecule has 0 unspecified atom stereocenters. The van der Waals surface area contributed by atoms with Crippen molar-refractivity contribution in [1.82, 2.24) is 0 Å². The van der Waals surface area contributed by atoms with Gasteiger partial charge < -0.3 is 10.1 Å². The first-order valence-electron chi connectivity index (χ1n) is 7.90. The molecule has 1 N–H and O–H groups in total. The first-order valence-corrected chi connectivity index (χ1v) is 9.09. The summed E-state index contributed by atoms with van der Waals surface area (Å²) in [4.78, 5) is 36.6. The maximum atomic E-state index is 12.2. The average molecular weight is 392 g/mol. The van der Waals surface area contributed by atoms with Crippen LogP contribution >= 0.6 is 22.9 Å². The molecule has 1 heterocycles. The van der Waals surface area contributed by atoms with E-state index in [9.17, 15) is 14.4 Å². The molecule has 0 aliphatic heterocycles. The van der Waals surface area contributed by atoms with Gasteiger partial charge in [-0.1, -0.05) is 29.8 Å². The van der Waals surface area contributed by atoms with Crippen LogP contribution in [0.4, 0.5) is 5.00 Å². The van der Waals surface area contributed by atoms with E-state index in [0.29, 0.717) is 26.0 Å². The number of Topliss-reactive ketones (excluding diaryl/α,β-unsaturated/α-hetero) is 1. The summed E-state index contributed by atoms with van der Waals surface area (Å²) in [6.07, 6.45) is 2.90. The Morgan fingerprint density at radius 1 is 1.27 bits per heavy atom. The largest absolute Gasteiger partial charge is 0.462 e. The number of rotatable bonds is 6. The Balaban J connectivity index is 2.29. The van der Waals surface area contributed by atoms with Crippen molar-refractivity contribution in [3.63, 3.8) is 0 Å². The molecule has 0 saturated heterocycles. The number of hydrogen-bond donors (Lipinski definition) is 1. The Morgan fingerprint density at radius 2 is 1.96 bits per heavy atom. The fraction of sp³-hybridized carbons (Fsp3) is 0.211. The molecule has 0 atom stereocenters. The Morgan fingerprint density at radius 3 is 2.58 bits per heavy atom. The minimum atomic E-state index is -0.570. The predicted octanol–water partition coefficient (Wildman–Crippen LogP) is 4.74. The van der Waals surface area contributed by atoms with Crippen LogP contribution in [0.5, 0.6) is 0 Å². The standard InChI is InChI=1S/C19H18ClNO4S/c1-4-25-19(24)16-11(2)17(12(3)22)26-18(16)21-15(23)10-9-13-7-5-6-8-14(13)20/h5-10H,4H2,1-3H3,(H,21,23). The minimum absolute atomic E-state index is 0.176. The Kier molecular flexibility index (Phi) is 6.71. The van der Waals surface area contributed by atoms with Crippen molar-refractivity contribution in [2.24, 2.45) is 0 Å². The lowest BCUT2D eigenvalue weighted by Gasteiger charge is -2.05. The van der Waals surface area contributed by atoms with Gasteiger partial charge in [0.15, 0.2) is 5.78 Å². The third kappa shape index (κ3) is 4.59. The number of hydrogen-bond acceptors (Lipinski definition) is 5. The van der Waals surface area contributed by atoms with Gasteiger partial charge in [0.05, 0.1) is 17.0 Å². The second-order valence-corrected chi connectivity index (χ2v) is 6.81. The van der Waals surface area contributed by atoms with Crippen LogP contribution in [-0.2, 0) is 9.53 Å². The van der Waals surface area contributed by atoms with Crippen molar-refractivity contribution < 1.29 is 19.1 Å². The molecule has 0 fully saturated rings. The summed E-state index contributed by atoms with van der Waals surface area (Å²) in [6.45, 7) is 4.96. The molecule has 1 aromatic carbocycles. The highest BCUT2D eigenvalue weighted by molar-refractivity contribution is 7.18. The van der Waals surface area contributed by atoms with Gasteiger partial charge in [0, 0.05) is 11.1 Å². The molecule has 0 saturated carbocycles. The van der Waals surface area contributed by atoms with Crippen LogP contribution in [0.15, 0.2) is 30.3 Å². The molecular formula is C19H18ClNO4S. The van der Waals surface area contributed by atoms with Gasteiger partial charge in [-0.05, 0) is 44.0 Å². The topological polar surface area (TPSA) is 72.5 Å². The minimum Gasteiger partial charge on any atom is -0.462 e. The molecule has 0 aliphatic rings. The number of nitrogens with one attached hydrogen (secondary N) is 1. The Bertz CT molecular complexity index is 886. The molecular weight excluding hydrogens is 374 g/mol. The molecule has 2 rings (SSSR count). The van der Waals surface area contributed by atoms with Crippen LogP contribution in [0.2, 0.25) is 5.02 Å². The first-order chi connectivity index (χ1) is 12.3. The predicted molar refractivity (Wildman–Crippen MR) is 104 cm³/mol. The van der Waals surface area contributed by atoms with E-state index in [2.05, 4.69) is 5.32 Å². The fourth-order valence-corrected chi connectivity index (χ4v) is 3.61. The second-order valence-electron chi connectivity index (χ2n) is 5.38. The number of esters is 1. The average Bonchev–Trinajstić information content (AvgIpc) is 2.90. The molecule has 0 bridgehead atoms. The maximum Gasteiger partial charge on any atom is 0.341 e. The van der Waals surface area contributed by atoms with E-state index in [1.54, 1.807) is 38.1 Å². The number of benzene rings is 1. The Labute approximate surface area is 160 Å². The van der Waals surface area contributed by atoms with E-state index in [4.69, 9.17) is 16.3 Å². The normalized spacial score (nSPS) is 10.8. The zero-order chi connectivity index (χ0) is 19.3. The maximum absolute atomic E-state index is 12.2. The van der Waals surface area contributed by atoms with Gasteiger partial charge in [-0.25, -0.2) is 4.79 Å². The molecule has 5 nitrogen and oxygen atoms in total. The van der Waals surface area contributed by atoms with Gasteiger partial charge in [0.25, 0.3) is 0 Å². The van der Waals surface area contributed by atoms with Crippen LogP contribution < -0.4 is 5.32 Å². The number of ether oxygens (including phenoxy) is 1. The fourth-order valence-electron chi connectivity index (χ4n) is 2.32. The quantitative estimate of drug-likeness (QED) is 0.438. The zero-order valence-electron chi connectivity index (χ0n) is 14.6. The SMILES string of the molecule is CCOC(=O)c1c(NC(=O)C=Cc2ccccc2Cl)sc(C(C)=O)c1C. The molecule has 136 valence electrons. The van der Waals surface area contributed by atoms with E-state index >= 15 is 0 Å². The van der Waals surface area contributed by atoms with Gasteiger partial charge in [0.1, 0.15) is 5.00 Å². The Hall–Kier alpha value is -2.44. The highest BCUT2D eigenvalue weighted by atomic mass is 35.5. The lowest BCUT2D eigenvalue weighted by molar-refractivity contribution is -0.111. The van der Waals surface area contributed by atoms with Crippen LogP contribution in [0.1, 0.15) is 45.0 Å².